The van der Waals surface area contributed by atoms with Gasteiger partial charge in [0.15, 0.2) is 5.69 Å². The molecule has 1 saturated carbocycles. The van der Waals surface area contributed by atoms with Crippen molar-refractivity contribution < 1.29 is 4.79 Å². The first-order valence-corrected chi connectivity index (χ1v) is 6.61. The van der Waals surface area contributed by atoms with Crippen LogP contribution in [0.2, 0.25) is 0 Å². The van der Waals surface area contributed by atoms with Gasteiger partial charge in [-0.3, -0.25) is 15.2 Å². The maximum Gasteiger partial charge on any atom is 0.278 e. The zero-order valence-corrected chi connectivity index (χ0v) is 10.7. The van der Waals surface area contributed by atoms with Gasteiger partial charge in [0.2, 0.25) is 5.95 Å². The third-order valence-corrected chi connectivity index (χ3v) is 3.47. The predicted molar refractivity (Wildman–Crippen MR) is 74.6 cm³/mol. The first-order chi connectivity index (χ1) is 9.79. The molecule has 1 aliphatic carbocycles. The number of anilines is 1. The average Bonchev–Trinajstić information content (AvgIpc) is 3.03. The second-order valence-electron chi connectivity index (χ2n) is 5.04. The third kappa shape index (κ3) is 1.95. The molecule has 3 N–H and O–H groups in total. The van der Waals surface area contributed by atoms with Crippen LogP contribution in [-0.4, -0.2) is 26.1 Å². The summed E-state index contributed by atoms with van der Waals surface area (Å²) in [6.07, 6.45) is 2.35. The lowest BCUT2D eigenvalue weighted by Crippen LogP contribution is -2.13. The van der Waals surface area contributed by atoms with Crippen molar-refractivity contribution in [1.82, 2.24) is 20.2 Å². The van der Waals surface area contributed by atoms with Crippen LogP contribution in [-0.2, 0) is 0 Å². The Morgan fingerprint density at radius 1 is 1.30 bits per heavy atom. The van der Waals surface area contributed by atoms with Gasteiger partial charge in [-0.2, -0.15) is 5.10 Å². The number of rotatable bonds is 3. The molecular formula is C14H13N5O. The number of imidazole rings is 1. The molecule has 100 valence electrons. The van der Waals surface area contributed by atoms with Crippen molar-refractivity contribution in [3.63, 3.8) is 0 Å². The zero-order valence-electron chi connectivity index (χ0n) is 10.7. The third-order valence-electron chi connectivity index (χ3n) is 3.47. The molecule has 0 atom stereocenters. The molecule has 1 fully saturated rings. The van der Waals surface area contributed by atoms with Crippen molar-refractivity contribution in [2.24, 2.45) is 0 Å². The van der Waals surface area contributed by atoms with Crippen molar-refractivity contribution in [2.75, 3.05) is 5.32 Å². The monoisotopic (exact) mass is 267 g/mol. The van der Waals surface area contributed by atoms with Crippen molar-refractivity contribution in [3.8, 4) is 0 Å². The highest BCUT2D eigenvalue weighted by Gasteiger charge is 2.26. The molecule has 6 nitrogen and oxygen atoms in total. The number of hydrogen-bond donors (Lipinski definition) is 3. The summed E-state index contributed by atoms with van der Waals surface area (Å²) in [4.78, 5) is 19.5. The second kappa shape index (κ2) is 4.19. The van der Waals surface area contributed by atoms with Gasteiger partial charge in [0.25, 0.3) is 5.91 Å². The molecule has 0 radical (unpaired) electrons. The Morgan fingerprint density at radius 3 is 2.95 bits per heavy atom. The second-order valence-corrected chi connectivity index (χ2v) is 5.04. The van der Waals surface area contributed by atoms with Gasteiger partial charge in [-0.05, 0) is 31.0 Å². The van der Waals surface area contributed by atoms with Gasteiger partial charge in [0.05, 0.1) is 11.0 Å². The summed E-state index contributed by atoms with van der Waals surface area (Å²) < 4.78 is 0. The minimum Gasteiger partial charge on any atom is -0.324 e. The number of carbonyl (C=O) groups excluding carboxylic acids is 1. The number of hydrogen-bond acceptors (Lipinski definition) is 3. The molecule has 4 rings (SSSR count). The molecule has 1 amide bonds. The van der Waals surface area contributed by atoms with Crippen LogP contribution in [0.15, 0.2) is 30.3 Å². The molecule has 2 heterocycles. The first kappa shape index (κ1) is 11.2. The quantitative estimate of drug-likeness (QED) is 0.681. The topological polar surface area (TPSA) is 86.5 Å². The Labute approximate surface area is 114 Å². The fraction of sp³-hybridized carbons (Fsp3) is 0.214. The van der Waals surface area contributed by atoms with Crippen molar-refractivity contribution in [1.29, 1.82) is 0 Å². The number of fused-ring (bicyclic) bond motifs is 1. The first-order valence-electron chi connectivity index (χ1n) is 6.61. The largest absolute Gasteiger partial charge is 0.324 e. The highest BCUT2D eigenvalue weighted by molar-refractivity contribution is 6.02. The lowest BCUT2D eigenvalue weighted by molar-refractivity contribution is 0.102. The van der Waals surface area contributed by atoms with E-state index in [0.29, 0.717) is 17.6 Å². The molecule has 20 heavy (non-hydrogen) atoms. The van der Waals surface area contributed by atoms with Crippen LogP contribution >= 0.6 is 0 Å². The number of aromatic amines is 2. The lowest BCUT2D eigenvalue weighted by Gasteiger charge is -1.96. The smallest absolute Gasteiger partial charge is 0.278 e. The molecule has 2 aromatic heterocycles. The number of nitrogens with zero attached hydrogens (tertiary/aromatic N) is 2. The van der Waals surface area contributed by atoms with Gasteiger partial charge >= 0.3 is 0 Å². The molecule has 0 aliphatic heterocycles. The van der Waals surface area contributed by atoms with E-state index >= 15 is 0 Å². The number of amides is 1. The molecule has 6 heteroatoms. The van der Waals surface area contributed by atoms with Crippen molar-refractivity contribution in [3.05, 3.63) is 41.7 Å². The van der Waals surface area contributed by atoms with Crippen LogP contribution < -0.4 is 5.32 Å². The van der Waals surface area contributed by atoms with Gasteiger partial charge < -0.3 is 4.98 Å². The summed E-state index contributed by atoms with van der Waals surface area (Å²) >= 11 is 0. The van der Waals surface area contributed by atoms with Crippen LogP contribution in [0.5, 0.6) is 0 Å². The Balaban J connectivity index is 1.55. The fourth-order valence-corrected chi connectivity index (χ4v) is 2.24. The van der Waals surface area contributed by atoms with E-state index in [1.165, 1.54) is 12.8 Å². The highest BCUT2D eigenvalue weighted by atomic mass is 16.2. The van der Waals surface area contributed by atoms with Crippen LogP contribution in [0.25, 0.3) is 11.0 Å². The van der Waals surface area contributed by atoms with Crippen LogP contribution in [0, 0.1) is 0 Å². The zero-order chi connectivity index (χ0) is 13.5. The molecular weight excluding hydrogens is 254 g/mol. The Bertz CT molecular complexity index is 751. The van der Waals surface area contributed by atoms with E-state index in [-0.39, 0.29) is 5.91 Å². The average molecular weight is 267 g/mol. The van der Waals surface area contributed by atoms with Gasteiger partial charge in [-0.15, -0.1) is 0 Å². The van der Waals surface area contributed by atoms with Gasteiger partial charge in [-0.1, -0.05) is 12.1 Å². The highest BCUT2D eigenvalue weighted by Crippen LogP contribution is 2.39. The molecule has 0 saturated heterocycles. The van der Waals surface area contributed by atoms with Crippen molar-refractivity contribution in [2.45, 2.75) is 18.8 Å². The van der Waals surface area contributed by atoms with Gasteiger partial charge in [-0.25, -0.2) is 4.98 Å². The Morgan fingerprint density at radius 2 is 2.15 bits per heavy atom. The van der Waals surface area contributed by atoms with E-state index in [0.717, 1.165) is 16.7 Å². The lowest BCUT2D eigenvalue weighted by atomic mass is 10.2. The van der Waals surface area contributed by atoms with E-state index in [1.54, 1.807) is 0 Å². The van der Waals surface area contributed by atoms with E-state index in [2.05, 4.69) is 25.5 Å². The minimum absolute atomic E-state index is 0.257. The predicted octanol–water partition coefficient (Wildman–Crippen LogP) is 2.42. The molecule has 0 unspecified atom stereocenters. The van der Waals surface area contributed by atoms with E-state index in [1.807, 2.05) is 30.3 Å². The standard InChI is InChI=1S/C14H13N5O/c20-13(12-7-11(18-19-12)8-5-6-8)17-14-15-9-3-1-2-4-10(9)16-14/h1-4,7-8H,5-6H2,(H,18,19)(H2,15,16,17,20). The van der Waals surface area contributed by atoms with Crippen molar-refractivity contribution >= 4 is 22.9 Å². The number of nitrogens with one attached hydrogen (secondary N) is 3. The molecule has 1 aromatic carbocycles. The number of benzene rings is 1. The molecule has 1 aliphatic rings. The summed E-state index contributed by atoms with van der Waals surface area (Å²) in [5.41, 5.74) is 3.15. The van der Waals surface area contributed by atoms with E-state index in [4.69, 9.17) is 0 Å². The van der Waals surface area contributed by atoms with Crippen LogP contribution in [0.1, 0.15) is 34.9 Å². The summed E-state index contributed by atoms with van der Waals surface area (Å²) in [7, 11) is 0. The van der Waals surface area contributed by atoms with Crippen LogP contribution in [0.4, 0.5) is 5.95 Å². The molecule has 0 bridgehead atoms. The molecule has 3 aromatic rings. The fourth-order valence-electron chi connectivity index (χ4n) is 2.24. The van der Waals surface area contributed by atoms with Gasteiger partial charge in [0.1, 0.15) is 0 Å². The summed E-state index contributed by atoms with van der Waals surface area (Å²) in [5, 5.41) is 9.70. The van der Waals surface area contributed by atoms with E-state index < -0.39 is 0 Å². The minimum atomic E-state index is -0.257. The van der Waals surface area contributed by atoms with Crippen LogP contribution in [0.3, 0.4) is 0 Å². The Kier molecular flexibility index (Phi) is 2.35. The van der Waals surface area contributed by atoms with Gasteiger partial charge in [0, 0.05) is 11.6 Å². The maximum atomic E-state index is 12.1. The number of carbonyl (C=O) groups is 1. The maximum absolute atomic E-state index is 12.1. The summed E-state index contributed by atoms with van der Waals surface area (Å²) in [6, 6.07) is 9.45. The normalized spacial score (nSPS) is 14.6. The number of H-pyrrole nitrogens is 2. The van der Waals surface area contributed by atoms with E-state index in [9.17, 15) is 4.79 Å². The number of aromatic nitrogens is 4. The Hall–Kier alpha value is -2.63. The summed E-state index contributed by atoms with van der Waals surface area (Å²) in [5.74, 6) is 0.731. The number of para-hydroxylation sites is 2. The summed E-state index contributed by atoms with van der Waals surface area (Å²) in [6.45, 7) is 0. The molecule has 0 spiro atoms. The SMILES string of the molecule is O=C(Nc1nc2ccccc2[nH]1)c1cc(C2CC2)[nH]n1.